The number of hydrogen-bond acceptors (Lipinski definition) is 2. The molecule has 0 saturated carbocycles. The summed E-state index contributed by atoms with van der Waals surface area (Å²) in [5.41, 5.74) is 17.6. The van der Waals surface area contributed by atoms with Crippen molar-refractivity contribution >= 4 is 115 Å². The normalized spacial score (nSPS) is 13.1. The Labute approximate surface area is 458 Å². The lowest BCUT2D eigenvalue weighted by Gasteiger charge is -2.40. The number of fused-ring (bicyclic) bond motifs is 16. The first-order valence-electron chi connectivity index (χ1n) is 26.9. The Morgan fingerprint density at radius 1 is 0.372 bits per heavy atom. The highest BCUT2D eigenvalue weighted by atomic mass is 28.3. The molecule has 0 amide bonds. The van der Waals surface area contributed by atoms with Crippen LogP contribution in [0.5, 0.6) is 0 Å². The van der Waals surface area contributed by atoms with Crippen molar-refractivity contribution in [1.82, 2.24) is 4.57 Å². The summed E-state index contributed by atoms with van der Waals surface area (Å²) in [4.78, 5) is 12.3. The predicted molar refractivity (Wildman–Crippen MR) is 335 cm³/mol. The second-order valence-electron chi connectivity index (χ2n) is 23.1. The van der Waals surface area contributed by atoms with Crippen molar-refractivity contribution in [1.29, 1.82) is 0 Å². The third-order valence-corrected chi connectivity index (χ3v) is 20.8. The van der Waals surface area contributed by atoms with Crippen LogP contribution in [0.3, 0.4) is 0 Å². The Morgan fingerprint density at radius 3 is 1.31 bits per heavy atom. The van der Waals surface area contributed by atoms with Crippen LogP contribution in [0.15, 0.2) is 224 Å². The lowest BCUT2D eigenvalue weighted by atomic mass is 9.65. The van der Waals surface area contributed by atoms with E-state index in [1.54, 1.807) is 0 Å². The number of aromatic nitrogens is 1. The smallest absolute Gasteiger partial charge is 0.187 e. The van der Waals surface area contributed by atoms with Gasteiger partial charge in [0.25, 0.3) is 0 Å². The van der Waals surface area contributed by atoms with E-state index in [2.05, 4.69) is 264 Å². The van der Waals surface area contributed by atoms with E-state index in [0.717, 1.165) is 56.1 Å². The Hall–Kier alpha value is -9.25. The van der Waals surface area contributed by atoms with E-state index in [-0.39, 0.29) is 0 Å². The second-order valence-corrected chi connectivity index (χ2v) is 33.3. The van der Waals surface area contributed by atoms with Gasteiger partial charge in [0.1, 0.15) is 0 Å². The largest absolute Gasteiger partial charge is 0.311 e. The van der Waals surface area contributed by atoms with Gasteiger partial charge in [0.15, 0.2) is 11.4 Å². The van der Waals surface area contributed by atoms with Gasteiger partial charge in [0.2, 0.25) is 0 Å². The zero-order valence-electron chi connectivity index (χ0n) is 44.6. The Bertz CT molecular complexity index is 4440. The van der Waals surface area contributed by atoms with Crippen molar-refractivity contribution in [3.05, 3.63) is 270 Å². The van der Waals surface area contributed by atoms with Crippen LogP contribution in [-0.2, 0) is 5.41 Å². The van der Waals surface area contributed by atoms with E-state index in [0.29, 0.717) is 11.4 Å². The van der Waals surface area contributed by atoms with E-state index >= 15 is 0 Å². The first-order chi connectivity index (χ1) is 37.8. The van der Waals surface area contributed by atoms with Gasteiger partial charge in [-0.25, -0.2) is 9.69 Å². The average Bonchev–Trinajstić information content (AvgIpc) is 3.76. The lowest BCUT2D eigenvalue weighted by Crippen LogP contribution is -2.37. The molecule has 1 aromatic heterocycles. The topological polar surface area (TPSA) is 20.1 Å². The first-order valence-corrected chi connectivity index (χ1v) is 33.9. The summed E-state index contributed by atoms with van der Waals surface area (Å²) < 4.78 is 2.54. The van der Waals surface area contributed by atoms with Crippen molar-refractivity contribution in [2.75, 3.05) is 9.80 Å². The number of para-hydroxylation sites is 1. The number of benzene rings is 11. The van der Waals surface area contributed by atoms with Gasteiger partial charge in [-0.15, -0.1) is 0 Å². The second kappa shape index (κ2) is 17.4. The average molecular weight is 1030 g/mol. The zero-order valence-corrected chi connectivity index (χ0v) is 46.6. The van der Waals surface area contributed by atoms with Gasteiger partial charge in [0.05, 0.1) is 51.4 Å². The molecule has 14 rings (SSSR count). The summed E-state index contributed by atoms with van der Waals surface area (Å²) in [5, 5.41) is 10.0. The fraction of sp³-hybridized carbons (Fsp3) is 0.0986. The highest BCUT2D eigenvalue weighted by Crippen LogP contribution is 2.64. The molecule has 78 heavy (non-hydrogen) atoms. The molecule has 0 fully saturated rings. The Kier molecular flexibility index (Phi) is 10.5. The maximum Gasteiger partial charge on any atom is 0.187 e. The molecular weight excluding hydrogens is 979 g/mol. The maximum atomic E-state index is 7.94. The van der Waals surface area contributed by atoms with E-state index in [9.17, 15) is 0 Å². The van der Waals surface area contributed by atoms with Gasteiger partial charge in [0, 0.05) is 44.9 Å². The molecule has 1 aliphatic carbocycles. The molecule has 2 aliphatic rings. The zero-order chi connectivity index (χ0) is 53.2. The molecule has 1 aliphatic heterocycles. The molecule has 372 valence electrons. The molecule has 0 atom stereocenters. The number of rotatable bonds is 8. The SMILES string of the molecule is [C-]#[N+]c1ccc(N(c2ccc([Si](C)(C)C)cc2)c2ccc3c(c2)c2cc(N(c4ccc([N+]#[C-])cc4)c4ccc([Si](C)(C)C)cc4)cc4c2n3-c2ccccc2C42c3ccc4ccccc4c3-c3c2ccc2ccccc32)cc1. The van der Waals surface area contributed by atoms with Gasteiger partial charge < -0.3 is 14.4 Å². The minimum Gasteiger partial charge on any atom is -0.311 e. The lowest BCUT2D eigenvalue weighted by molar-refractivity contribution is 0.749. The standard InChI is InChI=1S/C71H55N5Si2/c1-72-48-23-27-50(28-24-48)74(52-31-36-56(37-32-52)77(3,4)5)54-35-42-66-60(43-54)61-44-55(75(51-29-25-49(73-2)26-30-51)53-33-38-57(39-34-53)78(6,7)8)45-65-70(61)76(66)67-20-14-13-19-62(67)71(65)63-40-21-46-15-9-11-17-58(46)68(63)69-59-18-12-10-16-47(59)22-41-64(69)71/h9-45H,3-8H3. The summed E-state index contributed by atoms with van der Waals surface area (Å²) in [6.07, 6.45) is 0. The molecule has 0 N–H and O–H groups in total. The molecule has 2 heterocycles. The summed E-state index contributed by atoms with van der Waals surface area (Å²) in [5.74, 6) is 0. The van der Waals surface area contributed by atoms with Crippen LogP contribution in [0.2, 0.25) is 39.3 Å². The molecule has 0 saturated heterocycles. The molecule has 7 heteroatoms. The Morgan fingerprint density at radius 2 is 0.808 bits per heavy atom. The molecule has 0 radical (unpaired) electrons. The monoisotopic (exact) mass is 1030 g/mol. The molecular formula is C71H55N5Si2. The number of nitrogens with zero attached hydrogens (tertiary/aromatic N) is 5. The minimum absolute atomic E-state index is 0.603. The van der Waals surface area contributed by atoms with Crippen LogP contribution in [0.1, 0.15) is 22.3 Å². The van der Waals surface area contributed by atoms with Gasteiger partial charge >= 0.3 is 0 Å². The molecule has 5 nitrogen and oxygen atoms in total. The fourth-order valence-corrected chi connectivity index (χ4v) is 15.3. The van der Waals surface area contributed by atoms with Crippen LogP contribution < -0.4 is 20.2 Å². The molecule has 12 aromatic rings. The van der Waals surface area contributed by atoms with Gasteiger partial charge in [-0.05, 0) is 140 Å². The molecule has 0 bridgehead atoms. The minimum atomic E-state index is -1.65. The summed E-state index contributed by atoms with van der Waals surface area (Å²) in [7, 11) is -3.24. The Balaban J connectivity index is 1.14. The maximum absolute atomic E-state index is 7.94. The van der Waals surface area contributed by atoms with Crippen LogP contribution in [0, 0.1) is 13.1 Å². The third-order valence-electron chi connectivity index (χ3n) is 16.7. The van der Waals surface area contributed by atoms with Crippen molar-refractivity contribution in [3.63, 3.8) is 0 Å². The highest BCUT2D eigenvalue weighted by molar-refractivity contribution is 6.89. The number of anilines is 6. The van der Waals surface area contributed by atoms with Crippen LogP contribution in [0.25, 0.3) is 69.9 Å². The van der Waals surface area contributed by atoms with Crippen molar-refractivity contribution in [3.8, 4) is 16.8 Å². The first kappa shape index (κ1) is 47.2. The highest BCUT2D eigenvalue weighted by Gasteiger charge is 2.52. The van der Waals surface area contributed by atoms with Crippen molar-refractivity contribution < 1.29 is 0 Å². The van der Waals surface area contributed by atoms with E-state index in [1.165, 1.54) is 70.8 Å². The quantitative estimate of drug-likeness (QED) is 0.112. The van der Waals surface area contributed by atoms with Crippen LogP contribution >= 0.6 is 0 Å². The third kappa shape index (κ3) is 7.02. The molecule has 11 aromatic carbocycles. The van der Waals surface area contributed by atoms with Crippen molar-refractivity contribution in [2.45, 2.75) is 44.7 Å². The summed E-state index contributed by atoms with van der Waals surface area (Å²) in [6.45, 7) is 30.1. The molecule has 1 spiro atoms. The van der Waals surface area contributed by atoms with Gasteiger partial charge in [-0.1, -0.05) is 189 Å². The predicted octanol–water partition coefficient (Wildman–Crippen LogP) is 18.9. The summed E-state index contributed by atoms with van der Waals surface area (Å²) in [6, 6.07) is 82.9. The van der Waals surface area contributed by atoms with Crippen molar-refractivity contribution in [2.24, 2.45) is 0 Å². The van der Waals surface area contributed by atoms with Gasteiger partial charge in [-0.2, -0.15) is 0 Å². The van der Waals surface area contributed by atoms with E-state index < -0.39 is 21.6 Å². The van der Waals surface area contributed by atoms with E-state index in [4.69, 9.17) is 13.1 Å². The fourth-order valence-electron chi connectivity index (χ4n) is 13.0. The van der Waals surface area contributed by atoms with Crippen LogP contribution in [0.4, 0.5) is 45.5 Å². The van der Waals surface area contributed by atoms with Crippen LogP contribution in [-0.4, -0.2) is 20.7 Å². The van der Waals surface area contributed by atoms with E-state index in [1.807, 2.05) is 24.3 Å². The van der Waals surface area contributed by atoms with Gasteiger partial charge in [-0.3, -0.25) is 0 Å². The molecule has 0 unspecified atom stereocenters. The summed E-state index contributed by atoms with van der Waals surface area (Å²) >= 11 is 0. The number of hydrogen-bond donors (Lipinski definition) is 0.